The first-order valence-electron chi connectivity index (χ1n) is 8.93. The van der Waals surface area contributed by atoms with E-state index in [1.54, 1.807) is 30.7 Å². The number of halogens is 2. The van der Waals surface area contributed by atoms with Gasteiger partial charge in [-0.1, -0.05) is 0 Å². The molecule has 0 aromatic heterocycles. The molecule has 2 rings (SSSR count). The number of hydrogen-bond acceptors (Lipinski definition) is 4. The van der Waals surface area contributed by atoms with Crippen LogP contribution in [0, 0.1) is 17.6 Å². The first kappa shape index (κ1) is 20.3. The molecule has 1 aromatic carbocycles. The van der Waals surface area contributed by atoms with Crippen molar-refractivity contribution in [2.24, 2.45) is 5.92 Å². The smallest absolute Gasteiger partial charge is 0.309 e. The van der Waals surface area contributed by atoms with Crippen LogP contribution >= 0.6 is 0 Å². The number of hydrogen-bond donors (Lipinski definition) is 0. The largest absolute Gasteiger partial charge is 0.466 e. The molecule has 1 atom stereocenters. The molecule has 5 nitrogen and oxygen atoms in total. The Balaban J connectivity index is 1.89. The Hall–Kier alpha value is -2.02. The quantitative estimate of drug-likeness (QED) is 0.725. The average molecular weight is 368 g/mol. The first-order chi connectivity index (χ1) is 12.3. The van der Waals surface area contributed by atoms with Crippen LogP contribution in [0.5, 0.6) is 0 Å². The predicted molar refractivity (Wildman–Crippen MR) is 93.3 cm³/mol. The Bertz CT molecular complexity index is 646. The summed E-state index contributed by atoms with van der Waals surface area (Å²) in [4.78, 5) is 27.7. The molecule has 7 heteroatoms. The van der Waals surface area contributed by atoms with Crippen LogP contribution in [0.25, 0.3) is 0 Å². The normalized spacial score (nSPS) is 16.6. The predicted octanol–water partition coefficient (Wildman–Crippen LogP) is 2.76. The lowest BCUT2D eigenvalue weighted by molar-refractivity contribution is -0.151. The zero-order chi connectivity index (χ0) is 19.3. The second-order valence-corrected chi connectivity index (χ2v) is 6.66. The van der Waals surface area contributed by atoms with Gasteiger partial charge in [-0.25, -0.2) is 8.78 Å². The maximum Gasteiger partial charge on any atom is 0.309 e. The number of likely N-dealkylation sites (tertiary alicyclic amines) is 1. The zero-order valence-corrected chi connectivity index (χ0v) is 15.5. The van der Waals surface area contributed by atoms with Crippen LogP contribution in [-0.2, 0) is 14.3 Å². The highest BCUT2D eigenvalue weighted by atomic mass is 19.1. The highest BCUT2D eigenvalue weighted by Crippen LogP contribution is 2.24. The van der Waals surface area contributed by atoms with Gasteiger partial charge in [-0.05, 0) is 51.9 Å². The Morgan fingerprint density at radius 2 is 1.96 bits per heavy atom. The van der Waals surface area contributed by atoms with Crippen molar-refractivity contribution in [3.05, 3.63) is 35.4 Å². The highest BCUT2D eigenvalue weighted by molar-refractivity contribution is 5.79. The zero-order valence-electron chi connectivity index (χ0n) is 15.5. The van der Waals surface area contributed by atoms with Crippen LogP contribution in [0.15, 0.2) is 18.2 Å². The van der Waals surface area contributed by atoms with Crippen LogP contribution in [0.2, 0.25) is 0 Å². The van der Waals surface area contributed by atoms with Gasteiger partial charge in [0.05, 0.1) is 19.1 Å². The minimum absolute atomic E-state index is 0.0847. The fourth-order valence-electron chi connectivity index (χ4n) is 3.15. The van der Waals surface area contributed by atoms with Gasteiger partial charge in [0, 0.05) is 24.7 Å². The second kappa shape index (κ2) is 9.07. The lowest BCUT2D eigenvalue weighted by atomic mass is 9.97. The standard InChI is InChI=1S/C19H26F2N2O3/c1-4-26-19(25)14-7-9-23(10-8-14)18(24)12-22(3)13(2)16-11-15(20)5-6-17(16)21/h5-6,11,13-14H,4,7-10,12H2,1-3H3/t13-/m1/s1. The summed E-state index contributed by atoms with van der Waals surface area (Å²) in [6, 6.07) is 2.89. The van der Waals surface area contributed by atoms with E-state index in [1.165, 1.54) is 0 Å². The summed E-state index contributed by atoms with van der Waals surface area (Å²) in [6.07, 6.45) is 1.17. The molecule has 1 heterocycles. The van der Waals surface area contributed by atoms with E-state index >= 15 is 0 Å². The molecule has 26 heavy (non-hydrogen) atoms. The van der Waals surface area contributed by atoms with E-state index < -0.39 is 17.7 Å². The van der Waals surface area contributed by atoms with Gasteiger partial charge in [-0.15, -0.1) is 0 Å². The van der Waals surface area contributed by atoms with Crippen molar-refractivity contribution in [2.75, 3.05) is 33.3 Å². The molecule has 0 spiro atoms. The van der Waals surface area contributed by atoms with Crippen LogP contribution in [-0.4, -0.2) is 55.0 Å². The van der Waals surface area contributed by atoms with Crippen LogP contribution < -0.4 is 0 Å². The molecule has 0 radical (unpaired) electrons. The van der Waals surface area contributed by atoms with Crippen molar-refractivity contribution in [3.8, 4) is 0 Å². The second-order valence-electron chi connectivity index (χ2n) is 6.66. The van der Waals surface area contributed by atoms with Gasteiger partial charge in [0.1, 0.15) is 11.6 Å². The number of carbonyl (C=O) groups is 2. The van der Waals surface area contributed by atoms with Gasteiger partial charge in [0.15, 0.2) is 0 Å². The fraction of sp³-hybridized carbons (Fsp3) is 0.579. The molecule has 0 aliphatic carbocycles. The number of likely N-dealkylation sites (N-methyl/N-ethyl adjacent to an activating group) is 1. The third kappa shape index (κ3) is 5.00. The van der Waals surface area contributed by atoms with Crippen LogP contribution in [0.1, 0.15) is 38.3 Å². The number of piperidine rings is 1. The fourth-order valence-corrected chi connectivity index (χ4v) is 3.15. The molecular formula is C19H26F2N2O3. The first-order valence-corrected chi connectivity index (χ1v) is 8.93. The highest BCUT2D eigenvalue weighted by Gasteiger charge is 2.29. The molecule has 1 aromatic rings. The summed E-state index contributed by atoms with van der Waals surface area (Å²) >= 11 is 0. The molecule has 1 amide bonds. The van der Waals surface area contributed by atoms with E-state index in [-0.39, 0.29) is 29.9 Å². The number of carbonyl (C=O) groups excluding carboxylic acids is 2. The molecule has 144 valence electrons. The summed E-state index contributed by atoms with van der Waals surface area (Å²) in [6.45, 7) is 4.96. The maximum absolute atomic E-state index is 13.9. The van der Waals surface area contributed by atoms with E-state index in [0.717, 1.165) is 18.2 Å². The van der Waals surface area contributed by atoms with Gasteiger partial charge < -0.3 is 9.64 Å². The summed E-state index contributed by atoms with van der Waals surface area (Å²) < 4.78 is 32.3. The Kier molecular flexibility index (Phi) is 7.08. The summed E-state index contributed by atoms with van der Waals surface area (Å²) in [5, 5.41) is 0. The molecule has 1 aliphatic rings. The third-order valence-corrected chi connectivity index (χ3v) is 4.92. The lowest BCUT2D eigenvalue weighted by Crippen LogP contribution is -2.45. The minimum Gasteiger partial charge on any atom is -0.466 e. The molecule has 0 bridgehead atoms. The molecule has 1 saturated heterocycles. The summed E-state index contributed by atoms with van der Waals surface area (Å²) in [5.41, 5.74) is 0.223. The van der Waals surface area contributed by atoms with Gasteiger partial charge in [-0.3, -0.25) is 14.5 Å². The van der Waals surface area contributed by atoms with E-state index in [0.29, 0.717) is 32.5 Å². The van der Waals surface area contributed by atoms with E-state index in [1.807, 2.05) is 0 Å². The Morgan fingerprint density at radius 3 is 2.58 bits per heavy atom. The third-order valence-electron chi connectivity index (χ3n) is 4.92. The van der Waals surface area contributed by atoms with Gasteiger partial charge in [0.25, 0.3) is 0 Å². The van der Waals surface area contributed by atoms with Crippen molar-refractivity contribution >= 4 is 11.9 Å². The number of ether oxygens (including phenoxy) is 1. The van der Waals surface area contributed by atoms with Gasteiger partial charge in [-0.2, -0.15) is 0 Å². The summed E-state index contributed by atoms with van der Waals surface area (Å²) in [7, 11) is 1.71. The van der Waals surface area contributed by atoms with Crippen LogP contribution in [0.4, 0.5) is 8.78 Å². The minimum atomic E-state index is -0.506. The lowest BCUT2D eigenvalue weighted by Gasteiger charge is -2.33. The SMILES string of the molecule is CCOC(=O)C1CCN(C(=O)CN(C)[C@H](C)c2cc(F)ccc2F)CC1. The topological polar surface area (TPSA) is 49.9 Å². The van der Waals surface area contributed by atoms with E-state index in [2.05, 4.69) is 0 Å². The molecular weight excluding hydrogens is 342 g/mol. The van der Waals surface area contributed by atoms with Crippen molar-refractivity contribution in [2.45, 2.75) is 32.7 Å². The number of rotatable bonds is 6. The Morgan fingerprint density at radius 1 is 1.31 bits per heavy atom. The van der Waals surface area contributed by atoms with Crippen molar-refractivity contribution in [1.82, 2.24) is 9.80 Å². The Labute approximate surface area is 152 Å². The number of nitrogens with zero attached hydrogens (tertiary/aromatic N) is 2. The van der Waals surface area contributed by atoms with Gasteiger partial charge >= 0.3 is 5.97 Å². The average Bonchev–Trinajstić information content (AvgIpc) is 2.63. The molecule has 1 fully saturated rings. The maximum atomic E-state index is 13.9. The van der Waals surface area contributed by atoms with E-state index in [4.69, 9.17) is 4.74 Å². The van der Waals surface area contributed by atoms with Crippen molar-refractivity contribution in [3.63, 3.8) is 0 Å². The molecule has 0 N–H and O–H groups in total. The van der Waals surface area contributed by atoms with Crippen LogP contribution in [0.3, 0.4) is 0 Å². The molecule has 0 unspecified atom stereocenters. The summed E-state index contributed by atoms with van der Waals surface area (Å²) in [5.74, 6) is -1.44. The number of amides is 1. The molecule has 1 aliphatic heterocycles. The van der Waals surface area contributed by atoms with Crippen molar-refractivity contribution < 1.29 is 23.1 Å². The molecule has 0 saturated carbocycles. The monoisotopic (exact) mass is 368 g/mol. The van der Waals surface area contributed by atoms with Gasteiger partial charge in [0.2, 0.25) is 5.91 Å². The van der Waals surface area contributed by atoms with Crippen molar-refractivity contribution in [1.29, 1.82) is 0 Å². The number of benzene rings is 1. The van der Waals surface area contributed by atoms with E-state index in [9.17, 15) is 18.4 Å². The number of esters is 1.